The van der Waals surface area contributed by atoms with Crippen molar-refractivity contribution in [3.05, 3.63) is 45.7 Å². The van der Waals surface area contributed by atoms with Crippen molar-refractivity contribution in [3.8, 4) is 0 Å². The molecule has 1 aliphatic heterocycles. The van der Waals surface area contributed by atoms with Gasteiger partial charge in [0.15, 0.2) is 5.69 Å². The Labute approximate surface area is 142 Å². The Morgan fingerprint density at radius 2 is 1.79 bits per heavy atom. The zero-order valence-electron chi connectivity index (χ0n) is 13.4. The number of aryl methyl sites for hydroxylation is 1. The number of halogens is 3. The van der Waals surface area contributed by atoms with Gasteiger partial charge in [-0.15, -0.1) is 11.3 Å². The maximum Gasteiger partial charge on any atom is 0.434 e. The topological polar surface area (TPSA) is 32.3 Å². The summed E-state index contributed by atoms with van der Waals surface area (Å²) in [6.07, 6.45) is -2.55. The minimum Gasteiger partial charge on any atom is -0.295 e. The molecule has 8 heteroatoms. The van der Waals surface area contributed by atoms with E-state index in [9.17, 15) is 13.2 Å². The molecule has 0 atom stereocenters. The van der Waals surface area contributed by atoms with E-state index < -0.39 is 11.9 Å². The molecule has 4 nitrogen and oxygen atoms in total. The smallest absolute Gasteiger partial charge is 0.295 e. The van der Waals surface area contributed by atoms with Gasteiger partial charge in [-0.3, -0.25) is 14.8 Å². The van der Waals surface area contributed by atoms with Crippen LogP contribution >= 0.6 is 11.3 Å². The molecule has 3 rings (SSSR count). The van der Waals surface area contributed by atoms with Gasteiger partial charge in [-0.25, -0.2) is 4.98 Å². The van der Waals surface area contributed by atoms with Crippen LogP contribution in [0.2, 0.25) is 0 Å². The molecule has 0 aromatic carbocycles. The first-order valence-electron chi connectivity index (χ1n) is 7.78. The van der Waals surface area contributed by atoms with Gasteiger partial charge in [0.05, 0.1) is 12.2 Å². The Bertz CT molecular complexity index is 678. The van der Waals surface area contributed by atoms with Crippen molar-refractivity contribution < 1.29 is 13.2 Å². The predicted molar refractivity (Wildman–Crippen MR) is 86.6 cm³/mol. The predicted octanol–water partition coefficient (Wildman–Crippen LogP) is 3.18. The highest BCUT2D eigenvalue weighted by Gasteiger charge is 2.33. The van der Waals surface area contributed by atoms with Crippen LogP contribution in [0.1, 0.15) is 22.0 Å². The van der Waals surface area contributed by atoms with Crippen molar-refractivity contribution in [2.24, 2.45) is 0 Å². The van der Waals surface area contributed by atoms with Crippen LogP contribution in [0.3, 0.4) is 0 Å². The molecular formula is C16H19F3N4S. The summed E-state index contributed by atoms with van der Waals surface area (Å²) in [5.74, 6) is 0. The van der Waals surface area contributed by atoms with E-state index in [0.717, 1.165) is 55.1 Å². The third-order valence-electron chi connectivity index (χ3n) is 4.16. The van der Waals surface area contributed by atoms with E-state index in [2.05, 4.69) is 32.8 Å². The number of nitrogens with zero attached hydrogens (tertiary/aromatic N) is 4. The first kappa shape index (κ1) is 17.3. The number of rotatable bonds is 4. The highest BCUT2D eigenvalue weighted by molar-refractivity contribution is 7.09. The van der Waals surface area contributed by atoms with Crippen molar-refractivity contribution in [2.75, 3.05) is 26.2 Å². The molecule has 24 heavy (non-hydrogen) atoms. The summed E-state index contributed by atoms with van der Waals surface area (Å²) in [4.78, 5) is 12.6. The molecule has 1 saturated heterocycles. The van der Waals surface area contributed by atoms with Crippen LogP contribution in [-0.4, -0.2) is 45.9 Å². The van der Waals surface area contributed by atoms with Gasteiger partial charge in [0.2, 0.25) is 0 Å². The average molecular weight is 356 g/mol. The maximum atomic E-state index is 12.6. The highest BCUT2D eigenvalue weighted by atomic mass is 32.1. The maximum absolute atomic E-state index is 12.6. The fourth-order valence-electron chi connectivity index (χ4n) is 2.71. The third kappa shape index (κ3) is 4.31. The van der Waals surface area contributed by atoms with Gasteiger partial charge >= 0.3 is 6.18 Å². The Morgan fingerprint density at radius 3 is 2.38 bits per heavy atom. The van der Waals surface area contributed by atoms with E-state index >= 15 is 0 Å². The van der Waals surface area contributed by atoms with Crippen molar-refractivity contribution in [2.45, 2.75) is 26.2 Å². The largest absolute Gasteiger partial charge is 0.434 e. The lowest BCUT2D eigenvalue weighted by atomic mass is 10.2. The molecule has 0 radical (unpaired) electrons. The van der Waals surface area contributed by atoms with Crippen LogP contribution in [0, 0.1) is 6.92 Å². The summed E-state index contributed by atoms with van der Waals surface area (Å²) in [7, 11) is 0. The fourth-order valence-corrected chi connectivity index (χ4v) is 3.55. The molecule has 130 valence electrons. The summed E-state index contributed by atoms with van der Waals surface area (Å²) < 4.78 is 37.8. The quantitative estimate of drug-likeness (QED) is 0.842. The monoisotopic (exact) mass is 356 g/mol. The van der Waals surface area contributed by atoms with Crippen molar-refractivity contribution >= 4 is 11.3 Å². The zero-order chi connectivity index (χ0) is 17.2. The molecule has 0 amide bonds. The Kier molecular flexibility index (Phi) is 5.17. The average Bonchev–Trinajstić information content (AvgIpc) is 3.00. The van der Waals surface area contributed by atoms with Crippen molar-refractivity contribution in [1.29, 1.82) is 0 Å². The number of piperazine rings is 1. The number of pyridine rings is 1. The van der Waals surface area contributed by atoms with E-state index in [0.29, 0.717) is 11.6 Å². The van der Waals surface area contributed by atoms with Crippen LogP contribution < -0.4 is 0 Å². The van der Waals surface area contributed by atoms with Gasteiger partial charge in [0.1, 0.15) is 5.01 Å². The molecule has 0 bridgehead atoms. The molecule has 3 heterocycles. The van der Waals surface area contributed by atoms with Gasteiger partial charge < -0.3 is 0 Å². The number of hydrogen-bond acceptors (Lipinski definition) is 5. The van der Waals surface area contributed by atoms with Crippen LogP contribution in [-0.2, 0) is 19.3 Å². The van der Waals surface area contributed by atoms with Gasteiger partial charge in [-0.2, -0.15) is 13.2 Å². The molecule has 1 aliphatic rings. The molecule has 0 spiro atoms. The summed E-state index contributed by atoms with van der Waals surface area (Å²) >= 11 is 1.08. The summed E-state index contributed by atoms with van der Waals surface area (Å²) in [6.45, 7) is 6.77. The number of thiazole rings is 1. The highest BCUT2D eigenvalue weighted by Crippen LogP contribution is 2.30. The Hall–Kier alpha value is -1.51. The van der Waals surface area contributed by atoms with Crippen LogP contribution in [0.4, 0.5) is 13.2 Å². The molecule has 0 aliphatic carbocycles. The van der Waals surface area contributed by atoms with E-state index in [1.807, 2.05) is 6.07 Å². The summed E-state index contributed by atoms with van der Waals surface area (Å²) in [5.41, 5.74) is 1.48. The summed E-state index contributed by atoms with van der Waals surface area (Å²) in [6, 6.07) is 3.99. The minimum atomic E-state index is -4.35. The van der Waals surface area contributed by atoms with Gasteiger partial charge in [0, 0.05) is 44.3 Å². The Morgan fingerprint density at radius 1 is 1.12 bits per heavy atom. The lowest BCUT2D eigenvalue weighted by molar-refractivity contribution is -0.140. The fraction of sp³-hybridized carbons (Fsp3) is 0.500. The lowest BCUT2D eigenvalue weighted by Crippen LogP contribution is -2.45. The second-order valence-electron chi connectivity index (χ2n) is 5.94. The Balaban J connectivity index is 1.50. The van der Waals surface area contributed by atoms with E-state index in [1.165, 1.54) is 5.56 Å². The van der Waals surface area contributed by atoms with Crippen LogP contribution in [0.25, 0.3) is 0 Å². The molecule has 2 aromatic rings. The van der Waals surface area contributed by atoms with E-state index in [4.69, 9.17) is 0 Å². The number of hydrogen-bond donors (Lipinski definition) is 0. The van der Waals surface area contributed by atoms with Crippen molar-refractivity contribution in [3.63, 3.8) is 0 Å². The SMILES string of the molecule is Cc1cccnc1CN1CCN(Cc2nc(C(F)(F)F)cs2)CC1. The zero-order valence-corrected chi connectivity index (χ0v) is 14.2. The number of alkyl halides is 3. The minimum absolute atomic E-state index is 0.483. The molecule has 0 unspecified atom stereocenters. The van der Waals surface area contributed by atoms with Gasteiger partial charge in [0.25, 0.3) is 0 Å². The van der Waals surface area contributed by atoms with Gasteiger partial charge in [-0.1, -0.05) is 6.07 Å². The van der Waals surface area contributed by atoms with Gasteiger partial charge in [-0.05, 0) is 18.6 Å². The standard InChI is InChI=1S/C16H19F3N4S/c1-12-3-2-4-20-13(12)9-22-5-7-23(8-6-22)10-15-21-14(11-24-15)16(17,18)19/h2-4,11H,5-10H2,1H3. The van der Waals surface area contributed by atoms with E-state index in [-0.39, 0.29) is 0 Å². The van der Waals surface area contributed by atoms with Crippen LogP contribution in [0.5, 0.6) is 0 Å². The van der Waals surface area contributed by atoms with Crippen LogP contribution in [0.15, 0.2) is 23.7 Å². The third-order valence-corrected chi connectivity index (χ3v) is 4.99. The molecule has 0 saturated carbocycles. The lowest BCUT2D eigenvalue weighted by Gasteiger charge is -2.34. The normalized spacial score (nSPS) is 17.3. The molecule has 0 N–H and O–H groups in total. The second kappa shape index (κ2) is 7.16. The molecule has 2 aromatic heterocycles. The van der Waals surface area contributed by atoms with E-state index in [1.54, 1.807) is 6.20 Å². The molecular weight excluding hydrogens is 337 g/mol. The first-order valence-corrected chi connectivity index (χ1v) is 8.66. The first-order chi connectivity index (χ1) is 11.4. The second-order valence-corrected chi connectivity index (χ2v) is 6.89. The molecule has 1 fully saturated rings. The van der Waals surface area contributed by atoms with Crippen molar-refractivity contribution in [1.82, 2.24) is 19.8 Å². The number of aromatic nitrogens is 2. The summed E-state index contributed by atoms with van der Waals surface area (Å²) in [5, 5.41) is 1.62.